The second-order valence-electron chi connectivity index (χ2n) is 5.55. The van der Waals surface area contributed by atoms with Crippen molar-refractivity contribution >= 4 is 17.3 Å². The number of carbonyl (C=O) groups excluding carboxylic acids is 2. The van der Waals surface area contributed by atoms with Crippen molar-refractivity contribution in [1.29, 1.82) is 0 Å². The molecule has 0 fully saturated rings. The molecule has 24 heavy (non-hydrogen) atoms. The van der Waals surface area contributed by atoms with Crippen LogP contribution in [-0.2, 0) is 11.3 Å². The lowest BCUT2D eigenvalue weighted by Crippen LogP contribution is -2.36. The first-order valence-corrected chi connectivity index (χ1v) is 7.67. The molecule has 2 N–H and O–H groups in total. The van der Waals surface area contributed by atoms with Crippen molar-refractivity contribution in [3.63, 3.8) is 0 Å². The van der Waals surface area contributed by atoms with Gasteiger partial charge in [-0.1, -0.05) is 35.9 Å². The average Bonchev–Trinajstić information content (AvgIpc) is 3.02. The highest BCUT2D eigenvalue weighted by molar-refractivity contribution is 5.95. The number of aryl methyl sites for hydroxylation is 1. The van der Waals surface area contributed by atoms with Crippen LogP contribution in [0.15, 0.2) is 54.7 Å². The second kappa shape index (κ2) is 6.95. The summed E-state index contributed by atoms with van der Waals surface area (Å²) in [7, 11) is 0. The largest absolute Gasteiger partial charge is 0.350 e. The van der Waals surface area contributed by atoms with Gasteiger partial charge in [0.15, 0.2) is 5.69 Å². The third kappa shape index (κ3) is 3.78. The summed E-state index contributed by atoms with van der Waals surface area (Å²) < 4.78 is 1.62. The molecule has 0 saturated heterocycles. The van der Waals surface area contributed by atoms with Crippen molar-refractivity contribution in [3.05, 3.63) is 71.5 Å². The van der Waals surface area contributed by atoms with Gasteiger partial charge in [0, 0.05) is 12.7 Å². The summed E-state index contributed by atoms with van der Waals surface area (Å²) in [6, 6.07) is 15.1. The van der Waals surface area contributed by atoms with Gasteiger partial charge in [0.25, 0.3) is 5.91 Å². The molecule has 2 amide bonds. The number of hydrogen-bond acceptors (Lipinski definition) is 3. The number of hydrogen-bond donors (Lipinski definition) is 2. The van der Waals surface area contributed by atoms with Crippen LogP contribution in [0.4, 0.5) is 0 Å². The quantitative estimate of drug-likeness (QED) is 0.750. The third-order valence-electron chi connectivity index (χ3n) is 3.58. The number of amides is 2. The number of benzene rings is 1. The minimum absolute atomic E-state index is 0.0848. The molecule has 122 valence electrons. The highest BCUT2D eigenvalue weighted by Crippen LogP contribution is 2.05. The summed E-state index contributed by atoms with van der Waals surface area (Å²) >= 11 is 0. The number of carbonyl (C=O) groups is 2. The molecule has 0 spiro atoms. The van der Waals surface area contributed by atoms with Crippen LogP contribution in [0.2, 0.25) is 0 Å². The van der Waals surface area contributed by atoms with Gasteiger partial charge in [-0.3, -0.25) is 9.59 Å². The van der Waals surface area contributed by atoms with Crippen molar-refractivity contribution < 1.29 is 9.59 Å². The predicted molar refractivity (Wildman–Crippen MR) is 90.6 cm³/mol. The molecule has 1 aromatic carbocycles. The molecule has 3 aromatic rings. The zero-order valence-corrected chi connectivity index (χ0v) is 13.3. The SMILES string of the molecule is Cc1cccc(CNC(=O)CNC(=O)c2cc3ccccn3n2)c1. The number of rotatable bonds is 5. The van der Waals surface area contributed by atoms with Gasteiger partial charge in [0.2, 0.25) is 5.91 Å². The smallest absolute Gasteiger partial charge is 0.272 e. The highest BCUT2D eigenvalue weighted by Gasteiger charge is 2.11. The maximum absolute atomic E-state index is 12.1. The topological polar surface area (TPSA) is 75.5 Å². The summed E-state index contributed by atoms with van der Waals surface area (Å²) in [4.78, 5) is 23.9. The zero-order chi connectivity index (χ0) is 16.9. The molecule has 6 heteroatoms. The fourth-order valence-corrected chi connectivity index (χ4v) is 2.39. The Labute approximate surface area is 139 Å². The van der Waals surface area contributed by atoms with Gasteiger partial charge in [-0.25, -0.2) is 4.52 Å². The Morgan fingerprint density at radius 1 is 1.08 bits per heavy atom. The molecule has 0 unspecified atom stereocenters. The molecule has 0 saturated carbocycles. The minimum Gasteiger partial charge on any atom is -0.350 e. The molecule has 0 aliphatic rings. The lowest BCUT2D eigenvalue weighted by atomic mass is 10.1. The standard InChI is InChI=1S/C18H18N4O2/c1-13-5-4-6-14(9-13)11-19-17(23)12-20-18(24)16-10-15-7-2-3-8-22(15)21-16/h2-10H,11-12H2,1H3,(H,19,23)(H,20,24). The average molecular weight is 322 g/mol. The molecule has 3 rings (SSSR count). The van der Waals surface area contributed by atoms with Crippen molar-refractivity contribution in [2.75, 3.05) is 6.54 Å². The van der Waals surface area contributed by atoms with Crippen LogP contribution in [0.5, 0.6) is 0 Å². The summed E-state index contributed by atoms with van der Waals surface area (Å²) in [6.07, 6.45) is 1.76. The number of nitrogens with zero attached hydrogens (tertiary/aromatic N) is 2. The van der Waals surface area contributed by atoms with E-state index in [4.69, 9.17) is 0 Å². The maximum atomic E-state index is 12.1. The summed E-state index contributed by atoms with van der Waals surface area (Å²) in [5.74, 6) is -0.613. The Kier molecular flexibility index (Phi) is 4.56. The van der Waals surface area contributed by atoms with Crippen LogP contribution in [-0.4, -0.2) is 28.0 Å². The van der Waals surface area contributed by atoms with E-state index in [1.165, 1.54) is 0 Å². The Morgan fingerprint density at radius 2 is 1.96 bits per heavy atom. The Bertz CT molecular complexity index is 852. The summed E-state index contributed by atoms with van der Waals surface area (Å²) in [6.45, 7) is 2.35. The Balaban J connectivity index is 1.51. The number of fused-ring (bicyclic) bond motifs is 1. The third-order valence-corrected chi connectivity index (χ3v) is 3.58. The Morgan fingerprint density at radius 3 is 2.75 bits per heavy atom. The first-order chi connectivity index (χ1) is 11.6. The van der Waals surface area contributed by atoms with Crippen molar-refractivity contribution in [3.8, 4) is 0 Å². The van der Waals surface area contributed by atoms with Crippen LogP contribution in [0, 0.1) is 6.92 Å². The minimum atomic E-state index is -0.371. The maximum Gasteiger partial charge on any atom is 0.272 e. The van der Waals surface area contributed by atoms with Crippen LogP contribution < -0.4 is 10.6 Å². The van der Waals surface area contributed by atoms with Gasteiger partial charge in [0.05, 0.1) is 12.1 Å². The molecule has 2 aromatic heterocycles. The van der Waals surface area contributed by atoms with E-state index in [0.717, 1.165) is 16.6 Å². The molecule has 0 aliphatic heterocycles. The van der Waals surface area contributed by atoms with E-state index >= 15 is 0 Å². The van der Waals surface area contributed by atoms with Crippen LogP contribution >= 0.6 is 0 Å². The molecule has 0 bridgehead atoms. The van der Waals surface area contributed by atoms with E-state index in [2.05, 4.69) is 15.7 Å². The van der Waals surface area contributed by atoms with Gasteiger partial charge in [0.1, 0.15) is 0 Å². The van der Waals surface area contributed by atoms with Crippen LogP contribution in [0.25, 0.3) is 5.52 Å². The summed E-state index contributed by atoms with van der Waals surface area (Å²) in [5, 5.41) is 9.53. The van der Waals surface area contributed by atoms with Gasteiger partial charge >= 0.3 is 0 Å². The van der Waals surface area contributed by atoms with E-state index < -0.39 is 0 Å². The first-order valence-electron chi connectivity index (χ1n) is 7.67. The van der Waals surface area contributed by atoms with E-state index in [1.807, 2.05) is 49.4 Å². The number of aromatic nitrogens is 2. The molecular weight excluding hydrogens is 304 g/mol. The van der Waals surface area contributed by atoms with Crippen LogP contribution in [0.3, 0.4) is 0 Å². The normalized spacial score (nSPS) is 10.5. The van der Waals surface area contributed by atoms with Crippen molar-refractivity contribution in [2.24, 2.45) is 0 Å². The van der Waals surface area contributed by atoms with Gasteiger partial charge in [-0.05, 0) is 30.7 Å². The lowest BCUT2D eigenvalue weighted by molar-refractivity contribution is -0.120. The van der Waals surface area contributed by atoms with Gasteiger partial charge in [-0.15, -0.1) is 0 Å². The van der Waals surface area contributed by atoms with E-state index in [1.54, 1.807) is 16.8 Å². The van der Waals surface area contributed by atoms with Crippen molar-refractivity contribution in [2.45, 2.75) is 13.5 Å². The Hall–Kier alpha value is -3.15. The molecular formula is C18H18N4O2. The van der Waals surface area contributed by atoms with E-state index in [0.29, 0.717) is 6.54 Å². The second-order valence-corrected chi connectivity index (χ2v) is 5.55. The van der Waals surface area contributed by atoms with Crippen molar-refractivity contribution in [1.82, 2.24) is 20.2 Å². The molecule has 0 radical (unpaired) electrons. The fraction of sp³-hybridized carbons (Fsp3) is 0.167. The van der Waals surface area contributed by atoms with E-state index in [-0.39, 0.29) is 24.1 Å². The predicted octanol–water partition coefficient (Wildman–Crippen LogP) is 1.69. The van der Waals surface area contributed by atoms with Gasteiger partial charge < -0.3 is 10.6 Å². The molecule has 6 nitrogen and oxygen atoms in total. The van der Waals surface area contributed by atoms with Gasteiger partial charge in [-0.2, -0.15) is 5.10 Å². The number of nitrogens with one attached hydrogen (secondary N) is 2. The molecule has 2 heterocycles. The van der Waals surface area contributed by atoms with Crippen LogP contribution in [0.1, 0.15) is 21.6 Å². The highest BCUT2D eigenvalue weighted by atomic mass is 16.2. The monoisotopic (exact) mass is 322 g/mol. The van der Waals surface area contributed by atoms with E-state index in [9.17, 15) is 9.59 Å². The molecule has 0 aliphatic carbocycles. The fourth-order valence-electron chi connectivity index (χ4n) is 2.39. The number of pyridine rings is 1. The molecule has 0 atom stereocenters. The first kappa shape index (κ1) is 15.7. The zero-order valence-electron chi connectivity index (χ0n) is 13.3. The summed E-state index contributed by atoms with van der Waals surface area (Å²) in [5.41, 5.74) is 3.27. The lowest BCUT2D eigenvalue weighted by Gasteiger charge is -2.06.